The third-order valence-electron chi connectivity index (χ3n) is 6.26. The van der Waals surface area contributed by atoms with Gasteiger partial charge in [-0.25, -0.2) is 0 Å². The lowest BCUT2D eigenvalue weighted by Gasteiger charge is -2.42. The number of benzene rings is 1. The van der Waals surface area contributed by atoms with Crippen molar-refractivity contribution >= 4 is 16.4 Å². The molecule has 0 aromatic heterocycles. The normalized spacial score (nSPS) is 16.1. The topological polar surface area (TPSA) is 29.5 Å². The summed E-state index contributed by atoms with van der Waals surface area (Å²) in [4.78, 5) is 0. The van der Waals surface area contributed by atoms with Crippen LogP contribution >= 0.6 is 0 Å². The molecule has 2 nitrogen and oxygen atoms in total. The van der Waals surface area contributed by atoms with E-state index in [0.717, 1.165) is 5.56 Å². The van der Waals surface area contributed by atoms with E-state index in [-0.39, 0.29) is 0 Å². The lowest BCUT2D eigenvalue weighted by Crippen LogP contribution is -2.47. The average molecular weight is 421 g/mol. The van der Waals surface area contributed by atoms with Crippen LogP contribution in [0.15, 0.2) is 41.6 Å². The molecular weight excluding hydrogens is 376 g/mol. The van der Waals surface area contributed by atoms with Gasteiger partial charge in [0, 0.05) is 0 Å². The molecule has 0 aliphatic carbocycles. The molecule has 0 unspecified atom stereocenters. The van der Waals surface area contributed by atoms with E-state index < -0.39 is 22.0 Å². The molecule has 1 rings (SSSR count). The Hall–Kier alpha value is -0.686. The van der Waals surface area contributed by atoms with Crippen LogP contribution in [-0.2, 0) is 10.0 Å². The molecule has 0 aliphatic heterocycles. The molecule has 0 saturated carbocycles. The fourth-order valence-corrected chi connectivity index (χ4v) is 11.6. The minimum absolute atomic E-state index is 0.587. The molecule has 0 radical (unpaired) electrons. The van der Waals surface area contributed by atoms with Crippen LogP contribution in [0.3, 0.4) is 0 Å². The molecule has 0 spiro atoms. The maximum absolute atomic E-state index is 11.2. The van der Waals surface area contributed by atoms with Crippen molar-refractivity contribution in [1.29, 1.82) is 0 Å². The summed E-state index contributed by atoms with van der Waals surface area (Å²) in [5.41, 5.74) is 1.89. The highest BCUT2D eigenvalue weighted by atomic mass is 28.4. The molecule has 0 aliphatic rings. The third-order valence-corrected chi connectivity index (χ3v) is 14.7. The maximum Gasteiger partial charge on any atom is 0.200 e. The third kappa shape index (κ3) is 6.15. The Balaban J connectivity index is 3.10. The van der Waals surface area contributed by atoms with Crippen molar-refractivity contribution in [3.05, 3.63) is 47.2 Å². The first-order valence-electron chi connectivity index (χ1n) is 10.9. The first-order valence-corrected chi connectivity index (χ1v) is 16.5. The van der Waals surface area contributed by atoms with Gasteiger partial charge in [0.05, 0.1) is 20.3 Å². The van der Waals surface area contributed by atoms with Gasteiger partial charge in [-0.15, -0.1) is 0 Å². The fourth-order valence-electron chi connectivity index (χ4n) is 4.70. The Bertz CT molecular complexity index is 604. The van der Waals surface area contributed by atoms with Crippen LogP contribution in [-0.4, -0.2) is 28.1 Å². The van der Waals surface area contributed by atoms with E-state index in [1.165, 1.54) is 5.20 Å². The smallest absolute Gasteiger partial charge is 0.200 e. The van der Waals surface area contributed by atoms with Crippen molar-refractivity contribution < 1.29 is 9.53 Å². The van der Waals surface area contributed by atoms with Crippen molar-refractivity contribution in [1.82, 2.24) is 0 Å². The summed E-state index contributed by atoms with van der Waals surface area (Å²) < 4.78 is 6.76. The molecule has 1 aromatic rings. The van der Waals surface area contributed by atoms with E-state index in [9.17, 15) is 5.11 Å². The van der Waals surface area contributed by atoms with Gasteiger partial charge in [0.25, 0.3) is 0 Å². The summed E-state index contributed by atoms with van der Waals surface area (Å²) in [5.74, 6) is 0. The molecular formula is C24H44O2Si2. The van der Waals surface area contributed by atoms with Crippen molar-refractivity contribution in [2.75, 3.05) is 6.61 Å². The van der Waals surface area contributed by atoms with Gasteiger partial charge in [0.1, 0.15) is 0 Å². The molecule has 0 saturated heterocycles. The standard InChI is InChI=1S/C24H44O2Si2/c1-19(2)28(20(3)4,21(5)6)26-17-16-23(27(8,9)10)18-24(7,25)22-14-12-11-13-15-22/h11-16,19-21,25H,17-18H2,1-10H3/b23-16+/t24-/m0/s1. The second-order valence-corrected chi connectivity index (χ2v) is 21.0. The van der Waals surface area contributed by atoms with E-state index >= 15 is 0 Å². The van der Waals surface area contributed by atoms with E-state index in [4.69, 9.17) is 4.43 Å². The zero-order valence-corrected chi connectivity index (χ0v) is 22.0. The Kier molecular flexibility index (Phi) is 8.94. The van der Waals surface area contributed by atoms with E-state index in [1.807, 2.05) is 37.3 Å². The molecule has 0 bridgehead atoms. The van der Waals surface area contributed by atoms with Crippen LogP contribution in [0.4, 0.5) is 0 Å². The van der Waals surface area contributed by atoms with Crippen LogP contribution in [0.1, 0.15) is 60.5 Å². The van der Waals surface area contributed by atoms with Gasteiger partial charge in [0.2, 0.25) is 8.32 Å². The Morgan fingerprint density at radius 3 is 1.82 bits per heavy atom. The van der Waals surface area contributed by atoms with Gasteiger partial charge in [-0.3, -0.25) is 0 Å². The van der Waals surface area contributed by atoms with Crippen LogP contribution in [0.25, 0.3) is 0 Å². The summed E-state index contributed by atoms with van der Waals surface area (Å²) in [6.07, 6.45) is 2.98. The Labute approximate surface area is 176 Å². The first kappa shape index (κ1) is 25.4. The Morgan fingerprint density at radius 2 is 1.43 bits per heavy atom. The predicted molar refractivity (Wildman–Crippen MR) is 129 cm³/mol. The van der Waals surface area contributed by atoms with E-state index in [2.05, 4.69) is 67.3 Å². The number of hydrogen-bond acceptors (Lipinski definition) is 2. The van der Waals surface area contributed by atoms with Gasteiger partial charge >= 0.3 is 0 Å². The van der Waals surface area contributed by atoms with Crippen LogP contribution in [0.2, 0.25) is 36.3 Å². The summed E-state index contributed by atoms with van der Waals surface area (Å²) in [7, 11) is -3.44. The zero-order chi connectivity index (χ0) is 21.8. The second kappa shape index (κ2) is 9.88. The zero-order valence-electron chi connectivity index (χ0n) is 20.0. The summed E-state index contributed by atoms with van der Waals surface area (Å²) in [5, 5.41) is 12.6. The van der Waals surface area contributed by atoms with Crippen molar-refractivity contribution in [2.45, 2.75) is 96.8 Å². The largest absolute Gasteiger partial charge is 0.412 e. The summed E-state index contributed by atoms with van der Waals surface area (Å²) >= 11 is 0. The van der Waals surface area contributed by atoms with Crippen molar-refractivity contribution in [3.8, 4) is 0 Å². The molecule has 1 N–H and O–H groups in total. The van der Waals surface area contributed by atoms with Gasteiger partial charge in [-0.1, -0.05) is 103 Å². The van der Waals surface area contributed by atoms with Crippen LogP contribution in [0, 0.1) is 0 Å². The van der Waals surface area contributed by atoms with Crippen molar-refractivity contribution in [2.24, 2.45) is 0 Å². The number of hydrogen-bond donors (Lipinski definition) is 1. The highest BCUT2D eigenvalue weighted by Crippen LogP contribution is 2.42. The van der Waals surface area contributed by atoms with Gasteiger partial charge < -0.3 is 9.53 Å². The highest BCUT2D eigenvalue weighted by Gasteiger charge is 2.44. The van der Waals surface area contributed by atoms with Gasteiger partial charge in [0.15, 0.2) is 0 Å². The minimum atomic E-state index is -1.87. The molecule has 1 atom stereocenters. The lowest BCUT2D eigenvalue weighted by atomic mass is 9.92. The van der Waals surface area contributed by atoms with E-state index in [0.29, 0.717) is 29.7 Å². The van der Waals surface area contributed by atoms with Crippen molar-refractivity contribution in [3.63, 3.8) is 0 Å². The molecule has 160 valence electrons. The SMILES string of the molecule is CC(C)[Si](OC/C=C(\C[C@](C)(O)c1ccccc1)[Si](C)(C)C)(C(C)C)C(C)C. The molecule has 0 heterocycles. The first-order chi connectivity index (χ1) is 12.7. The molecule has 28 heavy (non-hydrogen) atoms. The van der Waals surface area contributed by atoms with Gasteiger partial charge in [-0.2, -0.15) is 0 Å². The molecule has 1 aromatic carbocycles. The highest BCUT2D eigenvalue weighted by molar-refractivity contribution is 6.83. The quantitative estimate of drug-likeness (QED) is 0.403. The monoisotopic (exact) mass is 420 g/mol. The average Bonchev–Trinajstić information content (AvgIpc) is 2.56. The minimum Gasteiger partial charge on any atom is -0.412 e. The Morgan fingerprint density at radius 1 is 0.964 bits per heavy atom. The van der Waals surface area contributed by atoms with Crippen LogP contribution < -0.4 is 0 Å². The predicted octanol–water partition coefficient (Wildman–Crippen LogP) is 7.28. The number of rotatable bonds is 10. The van der Waals surface area contributed by atoms with E-state index in [1.54, 1.807) is 0 Å². The molecule has 0 fully saturated rings. The summed E-state index contributed by atoms with van der Waals surface area (Å²) in [6, 6.07) is 10.0. The van der Waals surface area contributed by atoms with Crippen LogP contribution in [0.5, 0.6) is 0 Å². The molecule has 0 amide bonds. The fraction of sp³-hybridized carbons (Fsp3) is 0.667. The van der Waals surface area contributed by atoms with Gasteiger partial charge in [-0.05, 0) is 35.5 Å². The number of aliphatic hydroxyl groups is 1. The summed E-state index contributed by atoms with van der Waals surface area (Å²) in [6.45, 7) is 23.7. The maximum atomic E-state index is 11.2. The molecule has 4 heteroatoms. The lowest BCUT2D eigenvalue weighted by molar-refractivity contribution is 0.0589. The second-order valence-electron chi connectivity index (χ2n) is 10.4.